The minimum atomic E-state index is -0.775. The zero-order valence-corrected chi connectivity index (χ0v) is 11.2. The summed E-state index contributed by atoms with van der Waals surface area (Å²) < 4.78 is 0. The van der Waals surface area contributed by atoms with E-state index in [1.165, 1.54) is 0 Å². The zero-order chi connectivity index (χ0) is 12.9. The van der Waals surface area contributed by atoms with Gasteiger partial charge in [0.05, 0.1) is 5.54 Å². The van der Waals surface area contributed by atoms with Gasteiger partial charge in [-0.25, -0.2) is 0 Å². The normalized spacial score (nSPS) is 29.5. The predicted octanol–water partition coefficient (Wildman–Crippen LogP) is 1.23. The third-order valence-electron chi connectivity index (χ3n) is 3.79. The molecule has 4 nitrogen and oxygen atoms in total. The third-order valence-corrected chi connectivity index (χ3v) is 3.79. The number of hydrogen-bond donors (Lipinski definition) is 2. The molecule has 0 heterocycles. The summed E-state index contributed by atoms with van der Waals surface area (Å²) in [4.78, 5) is 13.9. The smallest absolute Gasteiger partial charge is 0.237 e. The van der Waals surface area contributed by atoms with Gasteiger partial charge in [-0.05, 0) is 51.6 Å². The van der Waals surface area contributed by atoms with Crippen molar-refractivity contribution >= 4 is 5.91 Å². The second-order valence-electron chi connectivity index (χ2n) is 5.31. The van der Waals surface area contributed by atoms with Gasteiger partial charge in [-0.15, -0.1) is 0 Å². The van der Waals surface area contributed by atoms with Gasteiger partial charge in [0.1, 0.15) is 0 Å². The highest BCUT2D eigenvalue weighted by Crippen LogP contribution is 2.29. The van der Waals surface area contributed by atoms with E-state index in [4.69, 9.17) is 11.5 Å². The molecule has 1 aliphatic carbocycles. The molecule has 0 aliphatic heterocycles. The van der Waals surface area contributed by atoms with Crippen molar-refractivity contribution in [2.75, 3.05) is 13.1 Å². The molecule has 0 spiro atoms. The SMILES string of the molecule is CCCN(CCC)C1CCCC(N)(C(N)=O)C1. The van der Waals surface area contributed by atoms with Gasteiger partial charge in [-0.3, -0.25) is 4.79 Å². The molecule has 1 amide bonds. The highest BCUT2D eigenvalue weighted by molar-refractivity contribution is 5.84. The molecule has 1 aliphatic rings. The highest BCUT2D eigenvalue weighted by Gasteiger charge is 2.39. The summed E-state index contributed by atoms with van der Waals surface area (Å²) in [6, 6.07) is 0.432. The molecule has 0 radical (unpaired) electrons. The van der Waals surface area contributed by atoms with Crippen LogP contribution in [0, 0.1) is 0 Å². The zero-order valence-electron chi connectivity index (χ0n) is 11.2. The molecule has 0 saturated heterocycles. The third kappa shape index (κ3) is 3.68. The minimum absolute atomic E-state index is 0.338. The molecule has 2 atom stereocenters. The molecule has 1 fully saturated rings. The summed E-state index contributed by atoms with van der Waals surface area (Å²) in [6.07, 6.45) is 5.91. The molecule has 1 rings (SSSR count). The van der Waals surface area contributed by atoms with Crippen LogP contribution in [-0.4, -0.2) is 35.5 Å². The number of carbonyl (C=O) groups is 1. The Morgan fingerprint density at radius 3 is 2.41 bits per heavy atom. The Morgan fingerprint density at radius 1 is 1.35 bits per heavy atom. The first kappa shape index (κ1) is 14.5. The number of hydrogen-bond acceptors (Lipinski definition) is 3. The predicted molar refractivity (Wildman–Crippen MR) is 70.5 cm³/mol. The molecule has 0 bridgehead atoms. The largest absolute Gasteiger partial charge is 0.368 e. The number of carbonyl (C=O) groups excluding carboxylic acids is 1. The summed E-state index contributed by atoms with van der Waals surface area (Å²) in [5.41, 5.74) is 10.8. The van der Waals surface area contributed by atoms with Crippen molar-refractivity contribution < 1.29 is 4.79 Å². The van der Waals surface area contributed by atoms with Crippen LogP contribution in [0.5, 0.6) is 0 Å². The second-order valence-corrected chi connectivity index (χ2v) is 5.31. The summed E-state index contributed by atoms with van der Waals surface area (Å²) >= 11 is 0. The van der Waals surface area contributed by atoms with E-state index in [-0.39, 0.29) is 5.91 Å². The van der Waals surface area contributed by atoms with E-state index < -0.39 is 5.54 Å². The van der Waals surface area contributed by atoms with E-state index in [1.54, 1.807) is 0 Å². The molecule has 100 valence electrons. The Kier molecular flexibility index (Phi) is 5.40. The molecule has 17 heavy (non-hydrogen) atoms. The van der Waals surface area contributed by atoms with Crippen molar-refractivity contribution in [1.29, 1.82) is 0 Å². The van der Waals surface area contributed by atoms with E-state index in [0.717, 1.165) is 51.6 Å². The molecule has 1 saturated carbocycles. The molecule has 2 unspecified atom stereocenters. The number of rotatable bonds is 6. The molecule has 0 aromatic heterocycles. The van der Waals surface area contributed by atoms with Crippen molar-refractivity contribution in [3.8, 4) is 0 Å². The average molecular weight is 241 g/mol. The van der Waals surface area contributed by atoms with E-state index in [9.17, 15) is 4.79 Å². The van der Waals surface area contributed by atoms with Crippen LogP contribution in [0.3, 0.4) is 0 Å². The maximum atomic E-state index is 11.4. The van der Waals surface area contributed by atoms with Crippen LogP contribution in [0.1, 0.15) is 52.4 Å². The number of nitrogens with zero attached hydrogens (tertiary/aromatic N) is 1. The fourth-order valence-electron chi connectivity index (χ4n) is 2.86. The van der Waals surface area contributed by atoms with Crippen LogP contribution in [0.15, 0.2) is 0 Å². The van der Waals surface area contributed by atoms with Gasteiger partial charge in [0.15, 0.2) is 0 Å². The second kappa shape index (κ2) is 6.36. The summed E-state index contributed by atoms with van der Waals surface area (Å²) in [6.45, 7) is 6.56. The van der Waals surface area contributed by atoms with Crippen molar-refractivity contribution in [1.82, 2.24) is 4.90 Å². The van der Waals surface area contributed by atoms with Crippen LogP contribution >= 0.6 is 0 Å². The summed E-state index contributed by atoms with van der Waals surface area (Å²) in [7, 11) is 0. The van der Waals surface area contributed by atoms with Crippen LogP contribution in [0.4, 0.5) is 0 Å². The van der Waals surface area contributed by atoms with Crippen LogP contribution in [-0.2, 0) is 4.79 Å². The molecule has 4 N–H and O–H groups in total. The first-order chi connectivity index (χ1) is 8.03. The summed E-state index contributed by atoms with van der Waals surface area (Å²) in [5, 5.41) is 0. The number of amides is 1. The topological polar surface area (TPSA) is 72.3 Å². The van der Waals surface area contributed by atoms with E-state index in [0.29, 0.717) is 6.04 Å². The Balaban J connectivity index is 2.66. The molecular formula is C13H27N3O. The van der Waals surface area contributed by atoms with Gasteiger partial charge in [-0.2, -0.15) is 0 Å². The van der Waals surface area contributed by atoms with Crippen molar-refractivity contribution in [3.05, 3.63) is 0 Å². The van der Waals surface area contributed by atoms with Gasteiger partial charge < -0.3 is 16.4 Å². The lowest BCUT2D eigenvalue weighted by atomic mass is 9.78. The van der Waals surface area contributed by atoms with Gasteiger partial charge in [0, 0.05) is 6.04 Å². The first-order valence-corrected chi connectivity index (χ1v) is 6.86. The van der Waals surface area contributed by atoms with Crippen LogP contribution < -0.4 is 11.5 Å². The Labute approximate surface area is 105 Å². The van der Waals surface area contributed by atoms with Crippen LogP contribution in [0.25, 0.3) is 0 Å². The Bertz CT molecular complexity index is 251. The van der Waals surface area contributed by atoms with Gasteiger partial charge >= 0.3 is 0 Å². The van der Waals surface area contributed by atoms with E-state index >= 15 is 0 Å². The van der Waals surface area contributed by atoms with Crippen molar-refractivity contribution in [2.24, 2.45) is 11.5 Å². The Morgan fingerprint density at radius 2 is 1.94 bits per heavy atom. The fraction of sp³-hybridized carbons (Fsp3) is 0.923. The monoisotopic (exact) mass is 241 g/mol. The Hall–Kier alpha value is -0.610. The molecule has 4 heteroatoms. The maximum Gasteiger partial charge on any atom is 0.237 e. The minimum Gasteiger partial charge on any atom is -0.368 e. The lowest BCUT2D eigenvalue weighted by molar-refractivity contribution is -0.125. The first-order valence-electron chi connectivity index (χ1n) is 6.86. The molecule has 0 aromatic rings. The molecular weight excluding hydrogens is 214 g/mol. The lowest BCUT2D eigenvalue weighted by Gasteiger charge is -2.41. The van der Waals surface area contributed by atoms with Gasteiger partial charge in [0.25, 0.3) is 0 Å². The fourth-order valence-corrected chi connectivity index (χ4v) is 2.86. The number of primary amides is 1. The van der Waals surface area contributed by atoms with Crippen molar-refractivity contribution in [2.45, 2.75) is 64.0 Å². The maximum absolute atomic E-state index is 11.4. The number of nitrogens with two attached hydrogens (primary N) is 2. The van der Waals surface area contributed by atoms with E-state index in [2.05, 4.69) is 18.7 Å². The van der Waals surface area contributed by atoms with E-state index in [1.807, 2.05) is 0 Å². The highest BCUT2D eigenvalue weighted by atomic mass is 16.1. The molecule has 0 aromatic carbocycles. The quantitative estimate of drug-likeness (QED) is 0.734. The summed E-state index contributed by atoms with van der Waals surface area (Å²) in [5.74, 6) is -0.338. The standard InChI is InChI=1S/C13H27N3O/c1-3-8-16(9-4-2)11-6-5-7-13(15,10-11)12(14)17/h11H,3-10,15H2,1-2H3,(H2,14,17). The van der Waals surface area contributed by atoms with Crippen molar-refractivity contribution in [3.63, 3.8) is 0 Å². The van der Waals surface area contributed by atoms with Gasteiger partial charge in [0.2, 0.25) is 5.91 Å². The van der Waals surface area contributed by atoms with Gasteiger partial charge in [-0.1, -0.05) is 13.8 Å². The average Bonchev–Trinajstić information content (AvgIpc) is 2.28. The van der Waals surface area contributed by atoms with Crippen LogP contribution in [0.2, 0.25) is 0 Å². The lowest BCUT2D eigenvalue weighted by Crippen LogP contribution is -2.58.